The van der Waals surface area contributed by atoms with Gasteiger partial charge in [0.05, 0.1) is 22.8 Å². The van der Waals surface area contributed by atoms with Crippen molar-refractivity contribution < 1.29 is 4.74 Å². The molecule has 0 amide bonds. The number of aromatic nitrogens is 2. The molecule has 1 aromatic carbocycles. The molecule has 3 rings (SSSR count). The highest BCUT2D eigenvalue weighted by atomic mass is 79.9. The highest BCUT2D eigenvalue weighted by Gasteiger charge is 2.29. The van der Waals surface area contributed by atoms with Gasteiger partial charge >= 0.3 is 0 Å². The first-order chi connectivity index (χ1) is 10.1. The molecule has 4 nitrogen and oxygen atoms in total. The van der Waals surface area contributed by atoms with E-state index in [1.807, 2.05) is 25.2 Å². The summed E-state index contributed by atoms with van der Waals surface area (Å²) in [6, 6.07) is 5.85. The van der Waals surface area contributed by atoms with Gasteiger partial charge < -0.3 is 10.1 Å². The highest BCUT2D eigenvalue weighted by Crippen LogP contribution is 2.45. The molecular weight excluding hydrogens is 398 g/mol. The van der Waals surface area contributed by atoms with Gasteiger partial charge in [0.2, 0.25) is 0 Å². The van der Waals surface area contributed by atoms with Crippen LogP contribution in [0.4, 0.5) is 5.82 Å². The lowest BCUT2D eigenvalue weighted by atomic mass is 10.1. The van der Waals surface area contributed by atoms with Gasteiger partial charge in [-0.25, -0.2) is 9.97 Å². The molecule has 0 spiro atoms. The smallest absolute Gasteiger partial charge is 0.165 e. The summed E-state index contributed by atoms with van der Waals surface area (Å²) in [5.74, 6) is 2.79. The number of nitrogens with zero attached hydrogens (tertiary/aromatic N) is 2. The first kappa shape index (κ1) is 14.8. The summed E-state index contributed by atoms with van der Waals surface area (Å²) in [6.45, 7) is 0. The number of ether oxygens (including phenoxy) is 1. The summed E-state index contributed by atoms with van der Waals surface area (Å²) >= 11 is 7.11. The molecule has 0 saturated heterocycles. The molecule has 0 atom stereocenters. The third kappa shape index (κ3) is 2.92. The molecule has 0 radical (unpaired) electrons. The number of benzene rings is 1. The van der Waals surface area contributed by atoms with E-state index < -0.39 is 0 Å². The largest absolute Gasteiger partial charge is 0.496 e. The zero-order chi connectivity index (χ0) is 15.0. The van der Waals surface area contributed by atoms with Crippen LogP contribution in [0.5, 0.6) is 5.75 Å². The minimum Gasteiger partial charge on any atom is -0.496 e. The number of hydrogen-bond donors (Lipinski definition) is 1. The quantitative estimate of drug-likeness (QED) is 0.797. The molecule has 2 aromatic rings. The molecule has 0 aliphatic heterocycles. The summed E-state index contributed by atoms with van der Waals surface area (Å²) in [5.41, 5.74) is 1.96. The Morgan fingerprint density at radius 1 is 1.24 bits per heavy atom. The van der Waals surface area contributed by atoms with Crippen molar-refractivity contribution in [2.24, 2.45) is 0 Å². The van der Waals surface area contributed by atoms with Crippen LogP contribution in [0.2, 0.25) is 0 Å². The Hall–Kier alpha value is -1.14. The van der Waals surface area contributed by atoms with Gasteiger partial charge in [0, 0.05) is 17.4 Å². The Kier molecular flexibility index (Phi) is 4.17. The Morgan fingerprint density at radius 3 is 2.62 bits per heavy atom. The van der Waals surface area contributed by atoms with E-state index >= 15 is 0 Å². The summed E-state index contributed by atoms with van der Waals surface area (Å²) in [7, 11) is 3.53. The van der Waals surface area contributed by atoms with Crippen LogP contribution < -0.4 is 10.1 Å². The summed E-state index contributed by atoms with van der Waals surface area (Å²) in [6.07, 6.45) is 2.38. The van der Waals surface area contributed by atoms with Crippen molar-refractivity contribution in [2.45, 2.75) is 18.8 Å². The van der Waals surface area contributed by atoms with Crippen LogP contribution in [-0.4, -0.2) is 24.1 Å². The van der Waals surface area contributed by atoms with Gasteiger partial charge in [-0.3, -0.25) is 0 Å². The molecule has 1 aliphatic rings. The molecule has 1 N–H and O–H groups in total. The van der Waals surface area contributed by atoms with Crippen LogP contribution in [0.15, 0.2) is 27.1 Å². The SMILES string of the molecule is CNc1nc(-c2cc(Br)ccc2OC)nc(C2CC2)c1Br. The average molecular weight is 413 g/mol. The maximum Gasteiger partial charge on any atom is 0.165 e. The van der Waals surface area contributed by atoms with E-state index in [-0.39, 0.29) is 0 Å². The Labute approximate surface area is 140 Å². The lowest BCUT2D eigenvalue weighted by molar-refractivity contribution is 0.416. The van der Waals surface area contributed by atoms with Crippen LogP contribution in [0.1, 0.15) is 24.5 Å². The van der Waals surface area contributed by atoms with E-state index in [0.29, 0.717) is 11.7 Å². The predicted octanol–water partition coefficient (Wildman–Crippen LogP) is 4.60. The van der Waals surface area contributed by atoms with Crippen molar-refractivity contribution in [2.75, 3.05) is 19.5 Å². The molecule has 1 fully saturated rings. The third-order valence-electron chi connectivity index (χ3n) is 3.48. The van der Waals surface area contributed by atoms with Gasteiger partial charge in [-0.2, -0.15) is 0 Å². The van der Waals surface area contributed by atoms with Gasteiger partial charge in [0.1, 0.15) is 11.6 Å². The average Bonchev–Trinajstić information content (AvgIpc) is 3.32. The number of nitrogens with one attached hydrogen (secondary N) is 1. The zero-order valence-corrected chi connectivity index (χ0v) is 15.0. The van der Waals surface area contributed by atoms with Crippen molar-refractivity contribution in [1.82, 2.24) is 9.97 Å². The van der Waals surface area contributed by atoms with Crippen molar-refractivity contribution in [1.29, 1.82) is 0 Å². The number of methoxy groups -OCH3 is 1. The third-order valence-corrected chi connectivity index (χ3v) is 4.76. The molecule has 1 heterocycles. The van der Waals surface area contributed by atoms with Gasteiger partial charge in [-0.1, -0.05) is 15.9 Å². The van der Waals surface area contributed by atoms with Crippen molar-refractivity contribution >= 4 is 37.7 Å². The molecule has 21 heavy (non-hydrogen) atoms. The van der Waals surface area contributed by atoms with Crippen molar-refractivity contribution in [3.05, 3.63) is 32.8 Å². The summed E-state index contributed by atoms with van der Waals surface area (Å²) in [5, 5.41) is 3.13. The molecular formula is C15H15Br2N3O. The molecule has 1 aliphatic carbocycles. The molecule has 0 unspecified atom stereocenters. The fourth-order valence-electron chi connectivity index (χ4n) is 2.23. The van der Waals surface area contributed by atoms with Crippen LogP contribution in [0.3, 0.4) is 0 Å². The van der Waals surface area contributed by atoms with Gasteiger partial charge in [0.15, 0.2) is 5.82 Å². The molecule has 6 heteroatoms. The fourth-order valence-corrected chi connectivity index (χ4v) is 3.29. The normalized spacial score (nSPS) is 14.1. The molecule has 110 valence electrons. The predicted molar refractivity (Wildman–Crippen MR) is 90.9 cm³/mol. The van der Waals surface area contributed by atoms with Gasteiger partial charge in [-0.15, -0.1) is 0 Å². The zero-order valence-electron chi connectivity index (χ0n) is 11.8. The second-order valence-electron chi connectivity index (χ2n) is 4.96. The second kappa shape index (κ2) is 5.93. The monoisotopic (exact) mass is 411 g/mol. The summed E-state index contributed by atoms with van der Waals surface area (Å²) in [4.78, 5) is 9.38. The molecule has 0 bridgehead atoms. The van der Waals surface area contributed by atoms with Gasteiger partial charge in [0.25, 0.3) is 0 Å². The van der Waals surface area contributed by atoms with E-state index in [4.69, 9.17) is 9.72 Å². The van der Waals surface area contributed by atoms with E-state index in [1.165, 1.54) is 12.8 Å². The standard InChI is InChI=1S/C15H15Br2N3O/c1-18-15-12(17)13(8-3-4-8)19-14(20-15)10-7-9(16)5-6-11(10)21-2/h5-8H,3-4H2,1-2H3,(H,18,19,20). The number of anilines is 1. The van der Waals surface area contributed by atoms with Crippen molar-refractivity contribution in [3.63, 3.8) is 0 Å². The van der Waals surface area contributed by atoms with Crippen molar-refractivity contribution in [3.8, 4) is 17.1 Å². The van der Waals surface area contributed by atoms with E-state index in [2.05, 4.69) is 42.2 Å². The molecule has 1 saturated carbocycles. The van der Waals surface area contributed by atoms with Crippen LogP contribution in [0.25, 0.3) is 11.4 Å². The Balaban J connectivity index is 2.18. The maximum absolute atomic E-state index is 5.44. The topological polar surface area (TPSA) is 47.0 Å². The lowest BCUT2D eigenvalue weighted by Crippen LogP contribution is -2.03. The second-order valence-corrected chi connectivity index (χ2v) is 6.67. The number of halogens is 2. The van der Waals surface area contributed by atoms with E-state index in [1.54, 1.807) is 7.11 Å². The first-order valence-electron chi connectivity index (χ1n) is 6.73. The number of hydrogen-bond acceptors (Lipinski definition) is 4. The Morgan fingerprint density at radius 2 is 2.00 bits per heavy atom. The van der Waals surface area contributed by atoms with E-state index in [9.17, 15) is 0 Å². The lowest BCUT2D eigenvalue weighted by Gasteiger charge is -2.13. The first-order valence-corrected chi connectivity index (χ1v) is 8.31. The maximum atomic E-state index is 5.44. The van der Waals surface area contributed by atoms with Crippen LogP contribution in [-0.2, 0) is 0 Å². The number of rotatable bonds is 4. The highest BCUT2D eigenvalue weighted by molar-refractivity contribution is 9.11. The fraction of sp³-hybridized carbons (Fsp3) is 0.333. The Bertz CT molecular complexity index is 687. The minimum atomic E-state index is 0.534. The van der Waals surface area contributed by atoms with Crippen LogP contribution in [0, 0.1) is 0 Å². The van der Waals surface area contributed by atoms with E-state index in [0.717, 1.165) is 31.8 Å². The minimum absolute atomic E-state index is 0.534. The molecule has 1 aromatic heterocycles. The van der Waals surface area contributed by atoms with Gasteiger partial charge in [-0.05, 0) is 47.0 Å². The summed E-state index contributed by atoms with van der Waals surface area (Å²) < 4.78 is 7.38. The van der Waals surface area contributed by atoms with Crippen LogP contribution >= 0.6 is 31.9 Å².